The number of hydrogen-bond donors (Lipinski definition) is 0. The van der Waals surface area contributed by atoms with Crippen LogP contribution in [0.15, 0.2) is 89.1 Å². The van der Waals surface area contributed by atoms with Crippen molar-refractivity contribution < 1.29 is 14.3 Å². The molecule has 0 saturated carbocycles. The van der Waals surface area contributed by atoms with Crippen LogP contribution >= 0.6 is 0 Å². The van der Waals surface area contributed by atoms with Gasteiger partial charge in [-0.2, -0.15) is 10.2 Å². The summed E-state index contributed by atoms with van der Waals surface area (Å²) in [5.74, 6) is 0.921. The maximum atomic E-state index is 13.2. The van der Waals surface area contributed by atoms with E-state index < -0.39 is 0 Å². The van der Waals surface area contributed by atoms with Gasteiger partial charge in [-0.15, -0.1) is 0 Å². The van der Waals surface area contributed by atoms with Crippen molar-refractivity contribution in [2.24, 2.45) is 16.1 Å². The van der Waals surface area contributed by atoms with Crippen LogP contribution in [0.5, 0.6) is 5.75 Å². The number of carbonyl (C=O) groups is 1. The fraction of sp³-hybridized carbons (Fsp3) is 0.345. The van der Waals surface area contributed by atoms with E-state index in [-0.39, 0.29) is 24.0 Å². The Morgan fingerprint density at radius 2 is 1.74 bits per heavy atom. The molecule has 0 amide bonds. The summed E-state index contributed by atoms with van der Waals surface area (Å²) in [7, 11) is 0. The number of esters is 1. The minimum atomic E-state index is -0.300. The number of carbonyl (C=O) groups excluding carboxylic acids is 1. The molecule has 1 fully saturated rings. The number of likely N-dealkylation sites (tertiary alicyclic amines) is 1. The van der Waals surface area contributed by atoms with Gasteiger partial charge in [0.15, 0.2) is 0 Å². The van der Waals surface area contributed by atoms with Gasteiger partial charge in [-0.25, -0.2) is 0 Å². The second kappa shape index (κ2) is 10.8. The lowest BCUT2D eigenvalue weighted by molar-refractivity contribution is -0.149. The van der Waals surface area contributed by atoms with Crippen LogP contribution in [0, 0.1) is 5.92 Å². The average Bonchev–Trinajstić information content (AvgIpc) is 3.27. The largest absolute Gasteiger partial charge is 0.493 e. The molecule has 0 aromatic heterocycles. The first-order valence-electron chi connectivity index (χ1n) is 12.4. The van der Waals surface area contributed by atoms with Gasteiger partial charge in [-0.3, -0.25) is 9.69 Å². The lowest BCUT2D eigenvalue weighted by Crippen LogP contribution is -2.39. The van der Waals surface area contributed by atoms with E-state index in [2.05, 4.69) is 40.3 Å². The van der Waals surface area contributed by atoms with E-state index in [9.17, 15) is 4.79 Å². The van der Waals surface area contributed by atoms with Crippen LogP contribution in [0.25, 0.3) is 0 Å². The van der Waals surface area contributed by atoms with Crippen molar-refractivity contribution in [2.75, 3.05) is 13.2 Å². The summed E-state index contributed by atoms with van der Waals surface area (Å²) in [6.45, 7) is 3.83. The van der Waals surface area contributed by atoms with E-state index >= 15 is 0 Å². The van der Waals surface area contributed by atoms with Gasteiger partial charge in [0.05, 0.1) is 24.6 Å². The zero-order valence-electron chi connectivity index (χ0n) is 20.0. The minimum absolute atomic E-state index is 0.0505. The number of hydrogen-bond acceptors (Lipinski definition) is 6. The van der Waals surface area contributed by atoms with Crippen LogP contribution in [-0.2, 0) is 16.1 Å². The molecule has 1 saturated heterocycles. The monoisotopic (exact) mass is 469 g/mol. The molecule has 5 rings (SSSR count). The summed E-state index contributed by atoms with van der Waals surface area (Å²) in [6.07, 6.45) is 2.60. The fourth-order valence-electron chi connectivity index (χ4n) is 5.02. The zero-order chi connectivity index (χ0) is 24.0. The highest BCUT2D eigenvalue weighted by Crippen LogP contribution is 2.49. The normalized spacial score (nSPS) is 21.3. The molecular weight excluding hydrogens is 438 g/mol. The van der Waals surface area contributed by atoms with Gasteiger partial charge in [-0.05, 0) is 48.7 Å². The van der Waals surface area contributed by atoms with E-state index in [1.165, 1.54) is 5.56 Å². The van der Waals surface area contributed by atoms with Gasteiger partial charge in [0.2, 0.25) is 0 Å². The lowest BCUT2D eigenvalue weighted by atomic mass is 9.90. The second-order valence-electron chi connectivity index (χ2n) is 9.20. The predicted octanol–water partition coefficient (Wildman–Crippen LogP) is 6.77. The number of ether oxygens (including phenoxy) is 2. The topological polar surface area (TPSA) is 63.5 Å². The molecule has 2 aliphatic rings. The highest BCUT2D eigenvalue weighted by Gasteiger charge is 2.48. The Labute approximate surface area is 206 Å². The molecule has 0 N–H and O–H groups in total. The smallest absolute Gasteiger partial charge is 0.323 e. The molecule has 3 atom stereocenters. The Bertz CT molecular complexity index is 1170. The van der Waals surface area contributed by atoms with Crippen molar-refractivity contribution in [2.45, 2.75) is 44.8 Å². The molecule has 35 heavy (non-hydrogen) atoms. The molecule has 180 valence electrons. The lowest BCUT2D eigenvalue weighted by Gasteiger charge is -2.35. The number of benzene rings is 3. The van der Waals surface area contributed by atoms with E-state index in [0.717, 1.165) is 42.0 Å². The summed E-state index contributed by atoms with van der Waals surface area (Å²) in [4.78, 5) is 15.5. The van der Waals surface area contributed by atoms with E-state index in [4.69, 9.17) is 9.47 Å². The van der Waals surface area contributed by atoms with Crippen LogP contribution < -0.4 is 4.74 Å². The molecule has 0 radical (unpaired) electrons. The van der Waals surface area contributed by atoms with Crippen molar-refractivity contribution in [3.05, 3.63) is 90.0 Å². The van der Waals surface area contributed by atoms with Crippen LogP contribution in [-0.4, -0.2) is 30.1 Å². The van der Waals surface area contributed by atoms with Crippen LogP contribution in [0.1, 0.15) is 43.4 Å². The zero-order valence-corrected chi connectivity index (χ0v) is 20.0. The Kier molecular flexibility index (Phi) is 7.19. The first kappa shape index (κ1) is 23.2. The predicted molar refractivity (Wildman–Crippen MR) is 135 cm³/mol. The first-order chi connectivity index (χ1) is 17.2. The minimum Gasteiger partial charge on any atom is -0.493 e. The number of azo groups is 1. The molecule has 2 aliphatic heterocycles. The third-order valence-corrected chi connectivity index (χ3v) is 6.75. The van der Waals surface area contributed by atoms with Gasteiger partial charge < -0.3 is 9.47 Å². The van der Waals surface area contributed by atoms with Gasteiger partial charge in [0, 0.05) is 24.1 Å². The number of rotatable bonds is 8. The number of nitrogens with zero attached hydrogens (tertiary/aromatic N) is 3. The van der Waals surface area contributed by atoms with Crippen molar-refractivity contribution in [3.63, 3.8) is 0 Å². The molecule has 0 bridgehead atoms. The van der Waals surface area contributed by atoms with Crippen molar-refractivity contribution in [1.82, 2.24) is 4.90 Å². The van der Waals surface area contributed by atoms with Crippen molar-refractivity contribution >= 4 is 17.3 Å². The van der Waals surface area contributed by atoms with Crippen molar-refractivity contribution in [1.29, 1.82) is 0 Å². The highest BCUT2D eigenvalue weighted by atomic mass is 16.5. The Morgan fingerprint density at radius 3 is 2.51 bits per heavy atom. The summed E-state index contributed by atoms with van der Waals surface area (Å²) < 4.78 is 11.8. The fourth-order valence-corrected chi connectivity index (χ4v) is 5.02. The SMILES string of the molecule is CCCCOC(=O)[C@H]1C[C@@H]2COc3ccc(N=Nc4ccccc4)cc3[C@@H]2N1Cc1ccccc1. The molecule has 0 aliphatic carbocycles. The quantitative estimate of drug-likeness (QED) is 0.207. The molecule has 6 heteroatoms. The Balaban J connectivity index is 1.45. The summed E-state index contributed by atoms with van der Waals surface area (Å²) in [5, 5.41) is 8.85. The molecule has 3 aromatic carbocycles. The van der Waals surface area contributed by atoms with Gasteiger partial charge >= 0.3 is 5.97 Å². The van der Waals surface area contributed by atoms with Crippen LogP contribution in [0.3, 0.4) is 0 Å². The van der Waals surface area contributed by atoms with Crippen molar-refractivity contribution in [3.8, 4) is 5.75 Å². The van der Waals surface area contributed by atoms with E-state index in [1.54, 1.807) is 0 Å². The third kappa shape index (κ3) is 5.28. The number of unbranched alkanes of at least 4 members (excludes halogenated alkanes) is 1. The average molecular weight is 470 g/mol. The Hall–Kier alpha value is -3.51. The summed E-state index contributed by atoms with van der Waals surface area (Å²) in [6, 6.07) is 25.7. The highest BCUT2D eigenvalue weighted by molar-refractivity contribution is 5.76. The Morgan fingerprint density at radius 1 is 1.00 bits per heavy atom. The van der Waals surface area contributed by atoms with Gasteiger partial charge in [0.25, 0.3) is 0 Å². The van der Waals surface area contributed by atoms with E-state index in [0.29, 0.717) is 19.8 Å². The number of fused-ring (bicyclic) bond motifs is 3. The molecule has 0 spiro atoms. The molecule has 6 nitrogen and oxygen atoms in total. The maximum Gasteiger partial charge on any atom is 0.323 e. The van der Waals surface area contributed by atoms with E-state index in [1.807, 2.05) is 60.7 Å². The van der Waals surface area contributed by atoms with Crippen LogP contribution in [0.2, 0.25) is 0 Å². The molecule has 3 aromatic rings. The molecular formula is C29H31N3O3. The van der Waals surface area contributed by atoms with Crippen LogP contribution in [0.4, 0.5) is 11.4 Å². The summed E-state index contributed by atoms with van der Waals surface area (Å²) >= 11 is 0. The second-order valence-corrected chi connectivity index (χ2v) is 9.20. The molecule has 2 heterocycles. The standard InChI is InChI=1S/C29H31N3O3/c1-2-3-16-34-29(33)26-17-22-20-35-27-15-14-24(31-30-23-12-8-5-9-13-23)18-25(27)28(22)32(26)19-21-10-6-4-7-11-21/h4-15,18,22,26,28H,2-3,16-17,19-20H2,1H3/t22-,26-,28-/m1/s1. The molecule has 0 unspecified atom stereocenters. The maximum absolute atomic E-state index is 13.2. The third-order valence-electron chi connectivity index (χ3n) is 6.75. The first-order valence-corrected chi connectivity index (χ1v) is 12.4. The van der Waals surface area contributed by atoms with Gasteiger partial charge in [0.1, 0.15) is 11.8 Å². The van der Waals surface area contributed by atoms with Gasteiger partial charge in [-0.1, -0.05) is 61.9 Å². The summed E-state index contributed by atoms with van der Waals surface area (Å²) in [5.41, 5.74) is 3.81.